The quantitative estimate of drug-likeness (QED) is 0.687. The Kier molecular flexibility index (Phi) is 3.87. The van der Waals surface area contributed by atoms with Gasteiger partial charge in [0.15, 0.2) is 5.79 Å². The molecule has 0 amide bonds. The molecule has 4 nitrogen and oxygen atoms in total. The maximum absolute atomic E-state index is 9.64. The zero-order chi connectivity index (χ0) is 10.6. The van der Waals surface area contributed by atoms with Crippen molar-refractivity contribution in [3.05, 3.63) is 0 Å². The molecule has 0 aromatic carbocycles. The van der Waals surface area contributed by atoms with Crippen molar-refractivity contribution in [2.24, 2.45) is 5.92 Å². The van der Waals surface area contributed by atoms with Crippen molar-refractivity contribution >= 4 is 0 Å². The molecule has 1 saturated carbocycles. The molecule has 0 spiro atoms. The lowest BCUT2D eigenvalue weighted by Gasteiger charge is -2.26. The van der Waals surface area contributed by atoms with Gasteiger partial charge in [-0.15, -0.1) is 0 Å². The second-order valence-corrected chi connectivity index (χ2v) is 3.75. The van der Waals surface area contributed by atoms with Gasteiger partial charge in [0.05, 0.1) is 18.6 Å². The number of aliphatic hydroxyl groups is 1. The summed E-state index contributed by atoms with van der Waals surface area (Å²) in [6, 6.07) is 1.98. The number of aliphatic hydroxyl groups excluding tert-OH is 1. The first-order chi connectivity index (χ1) is 6.67. The van der Waals surface area contributed by atoms with Crippen LogP contribution < -0.4 is 0 Å². The van der Waals surface area contributed by atoms with Crippen molar-refractivity contribution in [2.45, 2.75) is 37.6 Å². The Balaban J connectivity index is 2.52. The van der Waals surface area contributed by atoms with Crippen LogP contribution in [0, 0.1) is 17.2 Å². The van der Waals surface area contributed by atoms with Gasteiger partial charge in [-0.2, -0.15) is 5.26 Å². The summed E-state index contributed by atoms with van der Waals surface area (Å²) in [6.07, 6.45) is 1.95. The maximum atomic E-state index is 9.64. The number of hydrogen-bond donors (Lipinski definition) is 1. The molecule has 1 aliphatic carbocycles. The first-order valence-corrected chi connectivity index (χ1v) is 4.83. The van der Waals surface area contributed by atoms with E-state index in [0.29, 0.717) is 6.42 Å². The van der Waals surface area contributed by atoms with Crippen LogP contribution in [-0.4, -0.2) is 31.2 Å². The Bertz CT molecular complexity index is 220. The van der Waals surface area contributed by atoms with Crippen molar-refractivity contribution in [3.63, 3.8) is 0 Å². The molecular formula is C10H17NO3. The molecule has 0 aromatic heterocycles. The smallest absolute Gasteiger partial charge is 0.167 e. The molecule has 80 valence electrons. The molecule has 4 heteroatoms. The molecule has 0 heterocycles. The number of ether oxygens (including phenoxy) is 2. The summed E-state index contributed by atoms with van der Waals surface area (Å²) in [4.78, 5) is 0. The molecule has 14 heavy (non-hydrogen) atoms. The van der Waals surface area contributed by atoms with Crippen molar-refractivity contribution in [1.29, 1.82) is 5.26 Å². The van der Waals surface area contributed by atoms with E-state index >= 15 is 0 Å². The minimum absolute atomic E-state index is 0.120. The van der Waals surface area contributed by atoms with Gasteiger partial charge in [-0.3, -0.25) is 0 Å². The van der Waals surface area contributed by atoms with Gasteiger partial charge in [0.1, 0.15) is 0 Å². The van der Waals surface area contributed by atoms with Crippen LogP contribution >= 0.6 is 0 Å². The highest BCUT2D eigenvalue weighted by Crippen LogP contribution is 2.39. The largest absolute Gasteiger partial charge is 0.392 e. The zero-order valence-electron chi connectivity index (χ0n) is 8.69. The summed E-state index contributed by atoms with van der Waals surface area (Å²) in [5, 5.41) is 18.1. The van der Waals surface area contributed by atoms with E-state index in [1.807, 2.05) is 6.07 Å². The molecule has 0 bridgehead atoms. The molecule has 2 unspecified atom stereocenters. The summed E-state index contributed by atoms with van der Waals surface area (Å²) >= 11 is 0. The van der Waals surface area contributed by atoms with Crippen LogP contribution in [0.1, 0.15) is 25.7 Å². The fourth-order valence-corrected chi connectivity index (χ4v) is 2.05. The summed E-state index contributed by atoms with van der Waals surface area (Å²) in [5.41, 5.74) is 0. The highest BCUT2D eigenvalue weighted by molar-refractivity contribution is 4.90. The fraction of sp³-hybridized carbons (Fsp3) is 0.900. The average Bonchev–Trinajstić information content (AvgIpc) is 2.63. The molecule has 0 radical (unpaired) electrons. The topological polar surface area (TPSA) is 62.5 Å². The van der Waals surface area contributed by atoms with E-state index in [4.69, 9.17) is 14.7 Å². The van der Waals surface area contributed by atoms with E-state index < -0.39 is 11.9 Å². The molecule has 1 fully saturated rings. The van der Waals surface area contributed by atoms with E-state index in [1.54, 1.807) is 14.2 Å². The van der Waals surface area contributed by atoms with Crippen molar-refractivity contribution in [3.8, 4) is 6.07 Å². The van der Waals surface area contributed by atoms with E-state index in [1.165, 1.54) is 0 Å². The van der Waals surface area contributed by atoms with Crippen molar-refractivity contribution in [2.75, 3.05) is 14.2 Å². The third-order valence-electron chi connectivity index (χ3n) is 3.06. The van der Waals surface area contributed by atoms with Crippen LogP contribution in [0.5, 0.6) is 0 Å². The number of nitrogens with zero attached hydrogens (tertiary/aromatic N) is 1. The summed E-state index contributed by atoms with van der Waals surface area (Å²) in [5.74, 6) is -0.421. The Hall–Kier alpha value is -0.630. The van der Waals surface area contributed by atoms with Gasteiger partial charge >= 0.3 is 0 Å². The van der Waals surface area contributed by atoms with Crippen molar-refractivity contribution in [1.82, 2.24) is 0 Å². The van der Waals surface area contributed by atoms with Crippen LogP contribution in [0.4, 0.5) is 0 Å². The molecule has 1 aliphatic rings. The first kappa shape index (κ1) is 11.4. The van der Waals surface area contributed by atoms with Gasteiger partial charge in [0, 0.05) is 27.1 Å². The lowest BCUT2D eigenvalue weighted by molar-refractivity contribution is -0.204. The van der Waals surface area contributed by atoms with Crippen LogP contribution in [0.15, 0.2) is 0 Å². The lowest BCUT2D eigenvalue weighted by atomic mass is 9.98. The molecule has 0 aromatic rings. The molecule has 0 aliphatic heterocycles. The minimum Gasteiger partial charge on any atom is -0.392 e. The molecule has 1 N–H and O–H groups in total. The minimum atomic E-state index is -0.549. The monoisotopic (exact) mass is 199 g/mol. The zero-order valence-corrected chi connectivity index (χ0v) is 8.69. The Morgan fingerprint density at radius 3 is 2.64 bits per heavy atom. The summed E-state index contributed by atoms with van der Waals surface area (Å²) < 4.78 is 10.6. The van der Waals surface area contributed by atoms with E-state index in [9.17, 15) is 5.11 Å². The second kappa shape index (κ2) is 4.74. The van der Waals surface area contributed by atoms with Gasteiger partial charge in [0.2, 0.25) is 0 Å². The fourth-order valence-electron chi connectivity index (χ4n) is 2.05. The Labute approximate surface area is 84.4 Å². The van der Waals surface area contributed by atoms with Gasteiger partial charge in [-0.05, 0) is 12.3 Å². The first-order valence-electron chi connectivity index (χ1n) is 4.83. The third kappa shape index (κ3) is 2.24. The highest BCUT2D eigenvalue weighted by atomic mass is 16.7. The van der Waals surface area contributed by atoms with Gasteiger partial charge in [-0.1, -0.05) is 0 Å². The predicted octanol–water partition coefficient (Wildman–Crippen LogP) is 1.05. The van der Waals surface area contributed by atoms with Gasteiger partial charge in [-0.25, -0.2) is 0 Å². The summed E-state index contributed by atoms with van der Waals surface area (Å²) in [7, 11) is 3.23. The predicted molar refractivity (Wildman–Crippen MR) is 50.3 cm³/mol. The van der Waals surface area contributed by atoms with Crippen LogP contribution in [0.3, 0.4) is 0 Å². The molecule has 1 rings (SSSR count). The van der Waals surface area contributed by atoms with E-state index in [2.05, 4.69) is 0 Å². The third-order valence-corrected chi connectivity index (χ3v) is 3.06. The maximum Gasteiger partial charge on any atom is 0.167 e. The van der Waals surface area contributed by atoms with Gasteiger partial charge in [0.25, 0.3) is 0 Å². The Morgan fingerprint density at radius 1 is 1.57 bits per heavy atom. The van der Waals surface area contributed by atoms with Crippen molar-refractivity contribution < 1.29 is 14.6 Å². The normalized spacial score (nSPS) is 27.1. The van der Waals surface area contributed by atoms with Crippen LogP contribution in [0.2, 0.25) is 0 Å². The van der Waals surface area contributed by atoms with E-state index in [0.717, 1.165) is 12.8 Å². The standard InChI is InChI=1S/C10H17NO3/c1-13-10(14-2)5-3-8(7-10)9(12)4-6-11/h8-9,12H,3-5,7H2,1-2H3. The molecular weight excluding hydrogens is 182 g/mol. The number of methoxy groups -OCH3 is 2. The van der Waals surface area contributed by atoms with E-state index in [-0.39, 0.29) is 12.3 Å². The number of nitriles is 1. The molecule has 2 atom stereocenters. The SMILES string of the molecule is COC1(OC)CCC(C(O)CC#N)C1. The second-order valence-electron chi connectivity index (χ2n) is 3.75. The molecule has 0 saturated heterocycles. The Morgan fingerprint density at radius 2 is 2.21 bits per heavy atom. The average molecular weight is 199 g/mol. The number of rotatable bonds is 4. The summed E-state index contributed by atoms with van der Waals surface area (Å²) in [6.45, 7) is 0. The number of hydrogen-bond acceptors (Lipinski definition) is 4. The van der Waals surface area contributed by atoms with Crippen LogP contribution in [0.25, 0.3) is 0 Å². The highest BCUT2D eigenvalue weighted by Gasteiger charge is 2.41. The van der Waals surface area contributed by atoms with Gasteiger partial charge < -0.3 is 14.6 Å². The van der Waals surface area contributed by atoms with Crippen LogP contribution in [-0.2, 0) is 9.47 Å². The lowest BCUT2D eigenvalue weighted by Crippen LogP contribution is -2.31.